The standard InChI is InChI=1S/C25H25N5O/c1-5-15(3)29-16(4)26-23-21(25(29)31)22-24(28-20-10-8-7-9-19(20)27-22)30(23)18-13-11-17(6-2)12-14-18/h7-15H,5-6H2,1-4H3. The molecule has 5 rings (SSSR count). The molecule has 0 radical (unpaired) electrons. The van der Waals surface area contributed by atoms with E-state index in [9.17, 15) is 4.79 Å². The van der Waals surface area contributed by atoms with Crippen molar-refractivity contribution in [3.63, 3.8) is 0 Å². The first-order chi connectivity index (χ1) is 15.0. The molecule has 0 aliphatic rings. The third-order valence-electron chi connectivity index (χ3n) is 6.12. The Labute approximate surface area is 180 Å². The Bertz CT molecular complexity index is 1490. The molecule has 0 N–H and O–H groups in total. The van der Waals surface area contributed by atoms with Gasteiger partial charge in [0.05, 0.1) is 11.0 Å². The zero-order valence-electron chi connectivity index (χ0n) is 18.3. The van der Waals surface area contributed by atoms with Gasteiger partial charge in [0.15, 0.2) is 11.3 Å². The van der Waals surface area contributed by atoms with Gasteiger partial charge in [-0.25, -0.2) is 15.0 Å². The molecule has 156 valence electrons. The molecule has 5 aromatic rings. The molecule has 0 amide bonds. The van der Waals surface area contributed by atoms with Crippen LogP contribution in [0, 0.1) is 6.92 Å². The average Bonchev–Trinajstić information content (AvgIpc) is 3.10. The van der Waals surface area contributed by atoms with Crippen molar-refractivity contribution in [3.8, 4) is 5.69 Å². The highest BCUT2D eigenvalue weighted by atomic mass is 16.1. The van der Waals surface area contributed by atoms with Gasteiger partial charge in [-0.15, -0.1) is 0 Å². The summed E-state index contributed by atoms with van der Waals surface area (Å²) in [5.41, 5.74) is 5.55. The number of benzene rings is 2. The maximum absolute atomic E-state index is 13.7. The van der Waals surface area contributed by atoms with Crippen LogP contribution >= 0.6 is 0 Å². The second-order valence-corrected chi connectivity index (χ2v) is 8.03. The third kappa shape index (κ3) is 2.93. The summed E-state index contributed by atoms with van der Waals surface area (Å²) in [5.74, 6) is 0.700. The van der Waals surface area contributed by atoms with Crippen molar-refractivity contribution in [1.82, 2.24) is 24.1 Å². The van der Waals surface area contributed by atoms with Crippen LogP contribution in [0.4, 0.5) is 0 Å². The van der Waals surface area contributed by atoms with Crippen LogP contribution in [-0.4, -0.2) is 24.1 Å². The minimum Gasteiger partial charge on any atom is -0.293 e. The lowest BCUT2D eigenvalue weighted by Crippen LogP contribution is -2.26. The molecule has 0 spiro atoms. The van der Waals surface area contributed by atoms with Gasteiger partial charge in [-0.2, -0.15) is 0 Å². The maximum atomic E-state index is 13.7. The highest BCUT2D eigenvalue weighted by molar-refractivity contribution is 6.05. The summed E-state index contributed by atoms with van der Waals surface area (Å²) in [6, 6.07) is 16.1. The van der Waals surface area contributed by atoms with Gasteiger partial charge in [-0.1, -0.05) is 38.1 Å². The van der Waals surface area contributed by atoms with Crippen LogP contribution in [0.25, 0.3) is 38.9 Å². The van der Waals surface area contributed by atoms with E-state index in [4.69, 9.17) is 15.0 Å². The molecule has 0 aliphatic carbocycles. The SMILES string of the molecule is CCc1ccc(-n2c3nc4ccccc4nc3c3c(=O)n(C(C)CC)c(C)nc32)cc1. The molecular formula is C25H25N5O. The van der Waals surface area contributed by atoms with Crippen molar-refractivity contribution in [2.45, 2.75) is 46.6 Å². The summed E-state index contributed by atoms with van der Waals surface area (Å²) in [5, 5.41) is 0.527. The van der Waals surface area contributed by atoms with Crippen molar-refractivity contribution < 1.29 is 0 Å². The number of aryl methyl sites for hydroxylation is 2. The second kappa shape index (κ2) is 7.30. The van der Waals surface area contributed by atoms with Crippen LogP contribution in [0.5, 0.6) is 0 Å². The highest BCUT2D eigenvalue weighted by Gasteiger charge is 2.23. The molecule has 3 aromatic heterocycles. The van der Waals surface area contributed by atoms with Crippen molar-refractivity contribution in [3.05, 3.63) is 70.3 Å². The molecule has 1 atom stereocenters. The van der Waals surface area contributed by atoms with Gasteiger partial charge in [0.1, 0.15) is 16.7 Å². The largest absolute Gasteiger partial charge is 0.293 e. The molecule has 0 saturated heterocycles. The fourth-order valence-electron chi connectivity index (χ4n) is 4.24. The predicted octanol–water partition coefficient (Wildman–Crippen LogP) is 5.13. The van der Waals surface area contributed by atoms with Crippen LogP contribution in [-0.2, 0) is 6.42 Å². The molecule has 2 aromatic carbocycles. The Hall–Kier alpha value is -3.54. The summed E-state index contributed by atoms with van der Waals surface area (Å²) >= 11 is 0. The van der Waals surface area contributed by atoms with Crippen LogP contribution in [0.2, 0.25) is 0 Å². The molecule has 6 nitrogen and oxygen atoms in total. The molecule has 0 aliphatic heterocycles. The smallest absolute Gasteiger partial charge is 0.265 e. The van der Waals surface area contributed by atoms with E-state index in [1.54, 1.807) is 4.57 Å². The van der Waals surface area contributed by atoms with Crippen molar-refractivity contribution in [2.24, 2.45) is 0 Å². The zero-order valence-corrected chi connectivity index (χ0v) is 18.3. The number of rotatable bonds is 4. The summed E-state index contributed by atoms with van der Waals surface area (Å²) in [4.78, 5) is 28.4. The number of hydrogen-bond donors (Lipinski definition) is 0. The van der Waals surface area contributed by atoms with Crippen LogP contribution < -0.4 is 5.56 Å². The number of nitrogens with zero attached hydrogens (tertiary/aromatic N) is 5. The molecule has 6 heteroatoms. The van der Waals surface area contributed by atoms with Gasteiger partial charge in [-0.05, 0) is 56.5 Å². The first-order valence-corrected chi connectivity index (χ1v) is 10.8. The normalized spacial score (nSPS) is 12.8. The molecular weight excluding hydrogens is 386 g/mol. The quantitative estimate of drug-likeness (QED) is 0.411. The van der Waals surface area contributed by atoms with Crippen molar-refractivity contribution >= 4 is 33.2 Å². The summed E-state index contributed by atoms with van der Waals surface area (Å²) < 4.78 is 3.75. The van der Waals surface area contributed by atoms with E-state index in [0.29, 0.717) is 28.0 Å². The number of para-hydroxylation sites is 2. The fraction of sp³-hybridized carbons (Fsp3) is 0.280. The number of aromatic nitrogens is 5. The van der Waals surface area contributed by atoms with Crippen molar-refractivity contribution in [2.75, 3.05) is 0 Å². The van der Waals surface area contributed by atoms with Gasteiger partial charge in [0.2, 0.25) is 0 Å². The van der Waals surface area contributed by atoms with E-state index in [1.165, 1.54) is 5.56 Å². The first kappa shape index (κ1) is 19.4. The van der Waals surface area contributed by atoms with E-state index in [1.807, 2.05) is 42.7 Å². The van der Waals surface area contributed by atoms with Gasteiger partial charge < -0.3 is 0 Å². The lowest BCUT2D eigenvalue weighted by atomic mass is 10.1. The summed E-state index contributed by atoms with van der Waals surface area (Å²) in [7, 11) is 0. The molecule has 0 fully saturated rings. The Morgan fingerprint density at radius 3 is 2.23 bits per heavy atom. The minimum atomic E-state index is -0.0599. The zero-order chi connectivity index (χ0) is 21.7. The Kier molecular flexibility index (Phi) is 4.58. The number of fused-ring (bicyclic) bond motifs is 4. The minimum absolute atomic E-state index is 0.0556. The lowest BCUT2D eigenvalue weighted by molar-refractivity contribution is 0.497. The van der Waals surface area contributed by atoms with Gasteiger partial charge >= 0.3 is 0 Å². The average molecular weight is 412 g/mol. The monoisotopic (exact) mass is 411 g/mol. The summed E-state index contributed by atoms with van der Waals surface area (Å²) in [6.45, 7) is 8.15. The maximum Gasteiger partial charge on any atom is 0.265 e. The van der Waals surface area contributed by atoms with Crippen LogP contribution in [0.1, 0.15) is 44.6 Å². The van der Waals surface area contributed by atoms with E-state index >= 15 is 0 Å². The lowest BCUT2D eigenvalue weighted by Gasteiger charge is -2.16. The Morgan fingerprint density at radius 2 is 1.58 bits per heavy atom. The fourth-order valence-corrected chi connectivity index (χ4v) is 4.24. The topological polar surface area (TPSA) is 65.6 Å². The van der Waals surface area contributed by atoms with E-state index in [0.717, 1.165) is 29.6 Å². The van der Waals surface area contributed by atoms with E-state index in [-0.39, 0.29) is 11.6 Å². The molecule has 3 heterocycles. The third-order valence-corrected chi connectivity index (χ3v) is 6.12. The van der Waals surface area contributed by atoms with Crippen LogP contribution in [0.3, 0.4) is 0 Å². The molecule has 1 unspecified atom stereocenters. The Balaban J connectivity index is 1.97. The van der Waals surface area contributed by atoms with E-state index in [2.05, 4.69) is 38.1 Å². The van der Waals surface area contributed by atoms with Crippen molar-refractivity contribution in [1.29, 1.82) is 0 Å². The van der Waals surface area contributed by atoms with E-state index < -0.39 is 0 Å². The second-order valence-electron chi connectivity index (χ2n) is 8.03. The van der Waals surface area contributed by atoms with Gasteiger partial charge in [0, 0.05) is 11.7 Å². The predicted molar refractivity (Wildman–Crippen MR) is 125 cm³/mol. The summed E-state index contributed by atoms with van der Waals surface area (Å²) in [6.07, 6.45) is 1.81. The first-order valence-electron chi connectivity index (χ1n) is 10.8. The molecule has 31 heavy (non-hydrogen) atoms. The molecule has 0 saturated carbocycles. The Morgan fingerprint density at radius 1 is 0.903 bits per heavy atom. The van der Waals surface area contributed by atoms with Gasteiger partial charge in [-0.3, -0.25) is 13.9 Å². The molecule has 0 bridgehead atoms. The van der Waals surface area contributed by atoms with Crippen LogP contribution in [0.15, 0.2) is 53.3 Å². The number of hydrogen-bond acceptors (Lipinski definition) is 4. The van der Waals surface area contributed by atoms with Gasteiger partial charge in [0.25, 0.3) is 5.56 Å². The highest BCUT2D eigenvalue weighted by Crippen LogP contribution is 2.29.